The summed E-state index contributed by atoms with van der Waals surface area (Å²) in [5.41, 5.74) is 0.458. The first-order chi connectivity index (χ1) is 9.65. The predicted octanol–water partition coefficient (Wildman–Crippen LogP) is 2.18. The van der Waals surface area contributed by atoms with Gasteiger partial charge >= 0.3 is 5.97 Å². The first kappa shape index (κ1) is 15.0. The van der Waals surface area contributed by atoms with E-state index in [1.165, 1.54) is 11.3 Å². The molecule has 0 aromatic carbocycles. The van der Waals surface area contributed by atoms with Crippen molar-refractivity contribution in [3.05, 3.63) is 16.5 Å². The van der Waals surface area contributed by atoms with Gasteiger partial charge in [0.05, 0.1) is 18.2 Å². The van der Waals surface area contributed by atoms with Gasteiger partial charge in [0.2, 0.25) is 5.91 Å². The number of hydrogen-bond acceptors (Lipinski definition) is 5. The van der Waals surface area contributed by atoms with Crippen LogP contribution < -0.4 is 10.6 Å². The van der Waals surface area contributed by atoms with Crippen LogP contribution in [0.2, 0.25) is 0 Å². The molecule has 1 fully saturated rings. The molecule has 6 heteroatoms. The zero-order valence-corrected chi connectivity index (χ0v) is 12.6. The maximum atomic E-state index is 12.1. The second-order valence-corrected chi connectivity index (χ2v) is 5.80. The van der Waals surface area contributed by atoms with Crippen LogP contribution in [0.4, 0.5) is 5.00 Å². The molecular weight excluding hydrogens is 276 g/mol. The highest BCUT2D eigenvalue weighted by Crippen LogP contribution is 2.29. The molecule has 0 spiro atoms. The Bertz CT molecular complexity index is 493. The quantitative estimate of drug-likeness (QED) is 0.817. The van der Waals surface area contributed by atoms with Crippen molar-refractivity contribution >= 4 is 28.2 Å². The summed E-state index contributed by atoms with van der Waals surface area (Å²) in [7, 11) is 0. The van der Waals surface area contributed by atoms with Gasteiger partial charge in [-0.1, -0.05) is 6.92 Å². The van der Waals surface area contributed by atoms with E-state index in [9.17, 15) is 9.59 Å². The van der Waals surface area contributed by atoms with Crippen LogP contribution in [0.1, 0.15) is 41.9 Å². The van der Waals surface area contributed by atoms with E-state index in [4.69, 9.17) is 4.74 Å². The third kappa shape index (κ3) is 3.37. The SMILES string of the molecule is CCOC(=O)c1cc(CC)sc1NC(=O)C1CCCN1. The van der Waals surface area contributed by atoms with Gasteiger partial charge in [0, 0.05) is 4.88 Å². The molecule has 2 heterocycles. The monoisotopic (exact) mass is 296 g/mol. The van der Waals surface area contributed by atoms with Crippen LogP contribution in [-0.4, -0.2) is 31.1 Å². The Hall–Kier alpha value is -1.40. The Morgan fingerprint density at radius 3 is 2.90 bits per heavy atom. The molecule has 1 aliphatic heterocycles. The Labute approximate surface area is 122 Å². The maximum absolute atomic E-state index is 12.1. The fourth-order valence-electron chi connectivity index (χ4n) is 2.18. The molecule has 1 aromatic heterocycles. The van der Waals surface area contributed by atoms with E-state index in [-0.39, 0.29) is 17.9 Å². The van der Waals surface area contributed by atoms with Crippen molar-refractivity contribution in [2.24, 2.45) is 0 Å². The molecule has 1 atom stereocenters. The molecule has 1 amide bonds. The van der Waals surface area contributed by atoms with Crippen molar-refractivity contribution in [3.8, 4) is 0 Å². The minimum atomic E-state index is -0.377. The fourth-order valence-corrected chi connectivity index (χ4v) is 3.16. The highest BCUT2D eigenvalue weighted by atomic mass is 32.1. The number of carbonyl (C=O) groups is 2. The first-order valence-electron chi connectivity index (χ1n) is 6.99. The summed E-state index contributed by atoms with van der Waals surface area (Å²) in [6.07, 6.45) is 2.68. The van der Waals surface area contributed by atoms with Crippen LogP contribution >= 0.6 is 11.3 Å². The van der Waals surface area contributed by atoms with Crippen LogP contribution in [0.3, 0.4) is 0 Å². The van der Waals surface area contributed by atoms with Gasteiger partial charge < -0.3 is 15.4 Å². The summed E-state index contributed by atoms with van der Waals surface area (Å²) >= 11 is 1.44. The number of thiophene rings is 1. The molecule has 1 aromatic rings. The van der Waals surface area contributed by atoms with Crippen LogP contribution in [-0.2, 0) is 16.0 Å². The molecule has 1 unspecified atom stereocenters. The van der Waals surface area contributed by atoms with Gasteiger partial charge in [-0.15, -0.1) is 11.3 Å². The van der Waals surface area contributed by atoms with E-state index >= 15 is 0 Å². The minimum absolute atomic E-state index is 0.0717. The molecule has 5 nitrogen and oxygen atoms in total. The summed E-state index contributed by atoms with van der Waals surface area (Å²) < 4.78 is 5.03. The van der Waals surface area contributed by atoms with Gasteiger partial charge in [-0.2, -0.15) is 0 Å². The lowest BCUT2D eigenvalue weighted by Crippen LogP contribution is -2.35. The van der Waals surface area contributed by atoms with E-state index in [1.807, 2.05) is 6.92 Å². The number of ether oxygens (including phenoxy) is 1. The average molecular weight is 296 g/mol. The van der Waals surface area contributed by atoms with Crippen LogP contribution in [0.25, 0.3) is 0 Å². The van der Waals surface area contributed by atoms with Crippen LogP contribution in [0.5, 0.6) is 0 Å². The van der Waals surface area contributed by atoms with Crippen molar-refractivity contribution in [1.29, 1.82) is 0 Å². The highest BCUT2D eigenvalue weighted by molar-refractivity contribution is 7.16. The topological polar surface area (TPSA) is 67.4 Å². The standard InChI is InChI=1S/C14H20N2O3S/c1-3-9-8-10(14(18)19-4-2)13(20-9)16-12(17)11-6-5-7-15-11/h8,11,15H,3-7H2,1-2H3,(H,16,17). The fraction of sp³-hybridized carbons (Fsp3) is 0.571. The normalized spacial score (nSPS) is 18.0. The van der Waals surface area contributed by atoms with Crippen LogP contribution in [0, 0.1) is 0 Å². The summed E-state index contributed by atoms with van der Waals surface area (Å²) in [6.45, 7) is 4.98. The lowest BCUT2D eigenvalue weighted by atomic mass is 10.2. The Morgan fingerprint density at radius 2 is 2.30 bits per heavy atom. The maximum Gasteiger partial charge on any atom is 0.341 e. The molecule has 2 rings (SSSR count). The average Bonchev–Trinajstić information content (AvgIpc) is 3.08. The molecular formula is C14H20N2O3S. The minimum Gasteiger partial charge on any atom is -0.462 e. The molecule has 20 heavy (non-hydrogen) atoms. The third-order valence-electron chi connectivity index (χ3n) is 3.24. The lowest BCUT2D eigenvalue weighted by Gasteiger charge is -2.10. The summed E-state index contributed by atoms with van der Waals surface area (Å²) in [5.74, 6) is -0.448. The van der Waals surface area contributed by atoms with Crippen molar-refractivity contribution < 1.29 is 14.3 Å². The summed E-state index contributed by atoms with van der Waals surface area (Å²) in [4.78, 5) is 25.1. The molecule has 0 saturated carbocycles. The molecule has 0 radical (unpaired) electrons. The molecule has 2 N–H and O–H groups in total. The third-order valence-corrected chi connectivity index (χ3v) is 4.44. The number of esters is 1. The molecule has 1 saturated heterocycles. The van der Waals surface area contributed by atoms with Crippen LogP contribution in [0.15, 0.2) is 6.07 Å². The smallest absolute Gasteiger partial charge is 0.341 e. The van der Waals surface area contributed by atoms with Gasteiger partial charge in [-0.3, -0.25) is 4.79 Å². The zero-order chi connectivity index (χ0) is 14.5. The molecule has 0 bridgehead atoms. The van der Waals surface area contributed by atoms with Crippen molar-refractivity contribution in [1.82, 2.24) is 5.32 Å². The Balaban J connectivity index is 2.14. The number of carbonyl (C=O) groups excluding carboxylic acids is 2. The molecule has 1 aliphatic rings. The van der Waals surface area contributed by atoms with E-state index in [2.05, 4.69) is 10.6 Å². The van der Waals surface area contributed by atoms with Crippen molar-refractivity contribution in [3.63, 3.8) is 0 Å². The van der Waals surface area contributed by atoms with Crippen molar-refractivity contribution in [2.75, 3.05) is 18.5 Å². The number of anilines is 1. The number of hydrogen-bond donors (Lipinski definition) is 2. The summed E-state index contributed by atoms with van der Waals surface area (Å²) in [6, 6.07) is 1.65. The molecule has 110 valence electrons. The molecule has 0 aliphatic carbocycles. The summed E-state index contributed by atoms with van der Waals surface area (Å²) in [5, 5.41) is 6.61. The first-order valence-corrected chi connectivity index (χ1v) is 7.81. The number of amides is 1. The zero-order valence-electron chi connectivity index (χ0n) is 11.8. The van der Waals surface area contributed by atoms with Crippen molar-refractivity contribution in [2.45, 2.75) is 39.2 Å². The lowest BCUT2D eigenvalue weighted by molar-refractivity contribution is -0.117. The Morgan fingerprint density at radius 1 is 1.50 bits per heavy atom. The van der Waals surface area contributed by atoms with Gasteiger partial charge in [-0.05, 0) is 38.8 Å². The van der Waals surface area contributed by atoms with Gasteiger partial charge in [0.15, 0.2) is 0 Å². The van der Waals surface area contributed by atoms with E-state index in [1.54, 1.807) is 13.0 Å². The van der Waals surface area contributed by atoms with E-state index in [0.29, 0.717) is 17.2 Å². The van der Waals surface area contributed by atoms with Gasteiger partial charge in [-0.25, -0.2) is 4.79 Å². The number of nitrogens with one attached hydrogen (secondary N) is 2. The second kappa shape index (κ2) is 6.85. The highest BCUT2D eigenvalue weighted by Gasteiger charge is 2.25. The Kier molecular flexibility index (Phi) is 5.14. The second-order valence-electron chi connectivity index (χ2n) is 4.67. The van der Waals surface area contributed by atoms with Gasteiger partial charge in [0.25, 0.3) is 0 Å². The number of aryl methyl sites for hydroxylation is 1. The van der Waals surface area contributed by atoms with E-state index in [0.717, 1.165) is 30.7 Å². The number of rotatable bonds is 5. The van der Waals surface area contributed by atoms with Gasteiger partial charge in [0.1, 0.15) is 5.00 Å². The largest absolute Gasteiger partial charge is 0.462 e. The van der Waals surface area contributed by atoms with E-state index < -0.39 is 0 Å². The predicted molar refractivity (Wildman–Crippen MR) is 79.3 cm³/mol.